The number of thiophene rings is 1. The standard InChI is InChI=1S/C30H44S2Si/c1-6-10-12-13-16-25(15-11-7-2)22-33(26-19-17-24(9-4)18-20-26)27(14-8-3)29(31)30-28(33)21-23(5)32-30/h8,14,17-21,25,31H,6-7,9-13,15-16,22H2,1-5H3. The Morgan fingerprint density at radius 3 is 2.30 bits per heavy atom. The van der Waals surface area contributed by atoms with Crippen LogP contribution in [-0.2, 0) is 6.42 Å². The zero-order valence-corrected chi connectivity index (χ0v) is 24.3. The van der Waals surface area contributed by atoms with Crippen LogP contribution in [0, 0.1) is 12.8 Å². The first kappa shape index (κ1) is 26.6. The molecule has 3 heteroatoms. The highest BCUT2D eigenvalue weighted by molar-refractivity contribution is 7.91. The van der Waals surface area contributed by atoms with Gasteiger partial charge in [-0.1, -0.05) is 109 Å². The van der Waals surface area contributed by atoms with E-state index in [1.165, 1.54) is 77.6 Å². The summed E-state index contributed by atoms with van der Waals surface area (Å²) in [6.45, 7) is 11.4. The molecule has 2 atom stereocenters. The van der Waals surface area contributed by atoms with Crippen LogP contribution in [0.15, 0.2) is 47.7 Å². The van der Waals surface area contributed by atoms with Crippen molar-refractivity contribution in [3.8, 4) is 0 Å². The van der Waals surface area contributed by atoms with Gasteiger partial charge in [0.25, 0.3) is 0 Å². The first-order valence-corrected chi connectivity index (χ1v) is 16.8. The van der Waals surface area contributed by atoms with Crippen LogP contribution in [0.1, 0.15) is 94.4 Å². The summed E-state index contributed by atoms with van der Waals surface area (Å²) in [6.07, 6.45) is 16.6. The van der Waals surface area contributed by atoms with E-state index in [-0.39, 0.29) is 0 Å². The quantitative estimate of drug-likeness (QED) is 0.160. The van der Waals surface area contributed by atoms with Crippen molar-refractivity contribution in [1.82, 2.24) is 0 Å². The van der Waals surface area contributed by atoms with E-state index in [2.05, 4.69) is 77.1 Å². The third-order valence-electron chi connectivity index (χ3n) is 7.46. The summed E-state index contributed by atoms with van der Waals surface area (Å²) < 4.78 is 0. The largest absolute Gasteiger partial charge is 0.152 e. The van der Waals surface area contributed by atoms with E-state index in [0.717, 1.165) is 12.3 Å². The molecule has 1 aromatic carbocycles. The van der Waals surface area contributed by atoms with Gasteiger partial charge in [0, 0.05) is 14.7 Å². The van der Waals surface area contributed by atoms with Crippen molar-refractivity contribution >= 4 is 47.3 Å². The van der Waals surface area contributed by atoms with Crippen molar-refractivity contribution in [2.24, 2.45) is 5.92 Å². The lowest BCUT2D eigenvalue weighted by molar-refractivity contribution is 0.442. The summed E-state index contributed by atoms with van der Waals surface area (Å²) in [6, 6.07) is 13.6. The molecule has 0 radical (unpaired) electrons. The average Bonchev–Trinajstić information content (AvgIpc) is 3.31. The maximum absolute atomic E-state index is 5.18. The molecule has 1 aromatic heterocycles. The van der Waals surface area contributed by atoms with E-state index in [1.807, 2.05) is 11.3 Å². The van der Waals surface area contributed by atoms with E-state index in [1.54, 1.807) is 15.6 Å². The van der Waals surface area contributed by atoms with Gasteiger partial charge in [0.2, 0.25) is 0 Å². The van der Waals surface area contributed by atoms with Crippen molar-refractivity contribution in [3.05, 3.63) is 63.0 Å². The Hall–Kier alpha value is -1.03. The Morgan fingerprint density at radius 2 is 1.67 bits per heavy atom. The van der Waals surface area contributed by atoms with E-state index in [0.29, 0.717) is 0 Å². The minimum absolute atomic E-state index is 0.798. The SMILES string of the molecule is CC=CC1=C(S)c2sc(C)cc2[Si]1(CC(CCCC)CCCCCC)c1ccc(CC)cc1. The Bertz CT molecular complexity index is 950. The van der Waals surface area contributed by atoms with Gasteiger partial charge in [0.05, 0.1) is 0 Å². The second-order valence-corrected chi connectivity index (χ2v) is 15.5. The van der Waals surface area contributed by atoms with Gasteiger partial charge in [-0.15, -0.1) is 24.0 Å². The average molecular weight is 497 g/mol. The molecule has 0 bridgehead atoms. The lowest BCUT2D eigenvalue weighted by atomic mass is 9.97. The van der Waals surface area contributed by atoms with Gasteiger partial charge in [-0.05, 0) is 59.4 Å². The molecule has 2 heterocycles. The Balaban J connectivity index is 2.12. The molecule has 0 amide bonds. The van der Waals surface area contributed by atoms with Gasteiger partial charge in [-0.25, -0.2) is 0 Å². The van der Waals surface area contributed by atoms with Crippen LogP contribution in [0.4, 0.5) is 0 Å². The van der Waals surface area contributed by atoms with E-state index in [4.69, 9.17) is 12.6 Å². The van der Waals surface area contributed by atoms with Gasteiger partial charge < -0.3 is 0 Å². The summed E-state index contributed by atoms with van der Waals surface area (Å²) in [5.74, 6) is 0.798. The van der Waals surface area contributed by atoms with E-state index >= 15 is 0 Å². The van der Waals surface area contributed by atoms with Crippen molar-refractivity contribution in [2.45, 2.75) is 98.5 Å². The molecule has 180 valence electrons. The van der Waals surface area contributed by atoms with Crippen LogP contribution in [0.2, 0.25) is 6.04 Å². The third-order valence-corrected chi connectivity index (χ3v) is 14.7. The summed E-state index contributed by atoms with van der Waals surface area (Å²) in [5, 5.41) is 4.78. The molecule has 2 unspecified atom stereocenters. The monoisotopic (exact) mass is 496 g/mol. The van der Waals surface area contributed by atoms with Crippen molar-refractivity contribution in [3.63, 3.8) is 0 Å². The highest BCUT2D eigenvalue weighted by atomic mass is 32.1. The fourth-order valence-corrected chi connectivity index (χ4v) is 14.0. The van der Waals surface area contributed by atoms with Crippen LogP contribution >= 0.6 is 24.0 Å². The first-order valence-electron chi connectivity index (χ1n) is 13.3. The number of hydrogen-bond donors (Lipinski definition) is 1. The number of benzene rings is 1. The molecule has 2 aromatic rings. The minimum Gasteiger partial charge on any atom is -0.142 e. The van der Waals surface area contributed by atoms with Crippen molar-refractivity contribution in [2.75, 3.05) is 0 Å². The van der Waals surface area contributed by atoms with Crippen molar-refractivity contribution in [1.29, 1.82) is 0 Å². The van der Waals surface area contributed by atoms with Gasteiger partial charge in [0.15, 0.2) is 8.07 Å². The Kier molecular flexibility index (Phi) is 10.2. The van der Waals surface area contributed by atoms with Crippen LogP contribution < -0.4 is 10.4 Å². The van der Waals surface area contributed by atoms with Gasteiger partial charge in [-0.3, -0.25) is 0 Å². The normalized spacial score (nSPS) is 19.0. The number of rotatable bonds is 13. The van der Waals surface area contributed by atoms with Crippen LogP contribution in [0.25, 0.3) is 4.91 Å². The predicted molar refractivity (Wildman–Crippen MR) is 157 cm³/mol. The summed E-state index contributed by atoms with van der Waals surface area (Å²) >= 11 is 7.14. The highest BCUT2D eigenvalue weighted by Gasteiger charge is 2.49. The minimum atomic E-state index is -2.11. The smallest absolute Gasteiger partial charge is 0.142 e. The molecule has 0 fully saturated rings. The van der Waals surface area contributed by atoms with E-state index < -0.39 is 8.07 Å². The molecule has 1 aliphatic rings. The molecule has 0 aliphatic carbocycles. The number of aryl methyl sites for hydroxylation is 2. The maximum Gasteiger partial charge on any atom is 0.152 e. The number of fused-ring (bicyclic) bond motifs is 1. The molecule has 0 nitrogen and oxygen atoms in total. The molecule has 0 N–H and O–H groups in total. The fourth-order valence-electron chi connectivity index (χ4n) is 5.67. The highest BCUT2D eigenvalue weighted by Crippen LogP contribution is 2.44. The lowest BCUT2D eigenvalue weighted by Gasteiger charge is -2.35. The van der Waals surface area contributed by atoms with Crippen LogP contribution in [-0.4, -0.2) is 8.07 Å². The predicted octanol–water partition coefficient (Wildman–Crippen LogP) is 8.73. The number of unbranched alkanes of at least 4 members (excludes halogenated alkanes) is 4. The second kappa shape index (κ2) is 12.6. The molecule has 0 spiro atoms. The molecular weight excluding hydrogens is 453 g/mol. The zero-order chi connectivity index (χ0) is 23.8. The van der Waals surface area contributed by atoms with Crippen LogP contribution in [0.5, 0.6) is 0 Å². The van der Waals surface area contributed by atoms with Gasteiger partial charge in [-0.2, -0.15) is 0 Å². The summed E-state index contributed by atoms with van der Waals surface area (Å²) in [5.41, 5.74) is 1.44. The molecular formula is C30H44S2Si. The van der Waals surface area contributed by atoms with Gasteiger partial charge in [0.1, 0.15) is 0 Å². The molecule has 0 saturated heterocycles. The third kappa shape index (κ3) is 5.79. The number of allylic oxidation sites excluding steroid dienone is 3. The summed E-state index contributed by atoms with van der Waals surface area (Å²) in [4.78, 5) is 4.14. The van der Waals surface area contributed by atoms with E-state index in [9.17, 15) is 0 Å². The molecule has 0 saturated carbocycles. The number of hydrogen-bond acceptors (Lipinski definition) is 2. The molecule has 33 heavy (non-hydrogen) atoms. The van der Waals surface area contributed by atoms with Gasteiger partial charge >= 0.3 is 0 Å². The molecule has 1 aliphatic heterocycles. The van der Waals surface area contributed by atoms with Crippen molar-refractivity contribution < 1.29 is 0 Å². The Labute approximate surface area is 214 Å². The topological polar surface area (TPSA) is 0 Å². The molecule has 3 rings (SSSR count). The van der Waals surface area contributed by atoms with Crippen LogP contribution in [0.3, 0.4) is 0 Å². The zero-order valence-electron chi connectivity index (χ0n) is 21.5. The second-order valence-electron chi connectivity index (χ2n) is 9.88. The fraction of sp³-hybridized carbons (Fsp3) is 0.533. The first-order chi connectivity index (χ1) is 16.0. The summed E-state index contributed by atoms with van der Waals surface area (Å²) in [7, 11) is -2.11. The Morgan fingerprint density at radius 1 is 0.970 bits per heavy atom. The lowest BCUT2D eigenvalue weighted by Crippen LogP contribution is -2.59. The number of thiol groups is 1. The maximum atomic E-state index is 5.18.